The lowest BCUT2D eigenvalue weighted by molar-refractivity contribution is -0.153. The fourth-order valence-electron chi connectivity index (χ4n) is 1.23. The molecule has 0 aliphatic heterocycles. The molecule has 8 heteroatoms. The zero-order valence-corrected chi connectivity index (χ0v) is 10.5. The molecule has 0 saturated heterocycles. The van der Waals surface area contributed by atoms with Crippen LogP contribution in [0.3, 0.4) is 0 Å². The Kier molecular flexibility index (Phi) is 6.36. The van der Waals surface area contributed by atoms with Gasteiger partial charge in [0, 0.05) is 6.42 Å². The molecule has 0 aliphatic carbocycles. The summed E-state index contributed by atoms with van der Waals surface area (Å²) in [5.41, 5.74) is 4.96. The maximum atomic E-state index is 12.8. The van der Waals surface area contributed by atoms with Crippen LogP contribution in [0.1, 0.15) is 18.1 Å². The minimum atomic E-state index is -4.58. The molecule has 1 rings (SSSR count). The molecule has 104 valence electrons. The molecule has 2 atom stereocenters. The Bertz CT molecular complexity index is 400. The number of hydrogen-bond donors (Lipinski definition) is 2. The summed E-state index contributed by atoms with van der Waals surface area (Å²) in [5, 5.41) is 9.25. The van der Waals surface area contributed by atoms with Crippen LogP contribution in [0, 0.1) is 5.82 Å². The summed E-state index contributed by atoms with van der Waals surface area (Å²) in [6.45, 7) is 0. The van der Waals surface area contributed by atoms with Crippen LogP contribution in [-0.2, 0) is 0 Å². The zero-order valence-electron chi connectivity index (χ0n) is 8.92. The van der Waals surface area contributed by atoms with Crippen molar-refractivity contribution in [3.8, 4) is 0 Å². The van der Waals surface area contributed by atoms with Gasteiger partial charge in [-0.2, -0.15) is 13.2 Å². The van der Waals surface area contributed by atoms with Crippen LogP contribution in [0.2, 0.25) is 5.02 Å². The number of alkyl halides is 3. The fraction of sp³-hybridized carbons (Fsp3) is 0.400. The van der Waals surface area contributed by atoms with E-state index in [0.717, 1.165) is 18.2 Å². The highest BCUT2D eigenvalue weighted by atomic mass is 35.5. The molecule has 0 fully saturated rings. The number of rotatable bonds is 3. The molecule has 1 aromatic carbocycles. The SMILES string of the molecule is Cl.N[C@H](C[C@H](O)c1ccc(F)c(Cl)c1)C(F)(F)F. The standard InChI is InChI=1S/C10H10ClF4NO.ClH/c11-6-3-5(1-2-7(6)12)8(17)4-9(16)10(13,14)15;/h1-3,8-9,17H,4,16H2;1H/t8-,9+;/m0./s1. The minimum absolute atomic E-state index is 0. The van der Waals surface area contributed by atoms with Crippen LogP contribution in [0.4, 0.5) is 17.6 Å². The van der Waals surface area contributed by atoms with Crippen LogP contribution in [-0.4, -0.2) is 17.3 Å². The molecule has 0 heterocycles. The third-order valence-electron chi connectivity index (χ3n) is 2.23. The van der Waals surface area contributed by atoms with Gasteiger partial charge in [0.05, 0.1) is 11.1 Å². The van der Waals surface area contributed by atoms with Gasteiger partial charge in [-0.05, 0) is 17.7 Å². The molecule has 3 N–H and O–H groups in total. The van der Waals surface area contributed by atoms with Crippen molar-refractivity contribution in [2.24, 2.45) is 5.73 Å². The lowest BCUT2D eigenvalue weighted by Gasteiger charge is -2.19. The average Bonchev–Trinajstić information content (AvgIpc) is 2.20. The van der Waals surface area contributed by atoms with Gasteiger partial charge < -0.3 is 10.8 Å². The Labute approximate surface area is 112 Å². The van der Waals surface area contributed by atoms with Crippen LogP contribution >= 0.6 is 24.0 Å². The highest BCUT2D eigenvalue weighted by molar-refractivity contribution is 6.30. The quantitative estimate of drug-likeness (QED) is 0.842. The molecule has 0 amide bonds. The zero-order chi connectivity index (χ0) is 13.2. The number of hydrogen-bond acceptors (Lipinski definition) is 2. The van der Waals surface area contributed by atoms with E-state index in [1.165, 1.54) is 0 Å². The van der Waals surface area contributed by atoms with E-state index in [4.69, 9.17) is 17.3 Å². The molecule has 18 heavy (non-hydrogen) atoms. The Hall–Kier alpha value is -0.560. The normalized spacial score (nSPS) is 14.8. The molecule has 0 spiro atoms. The van der Waals surface area contributed by atoms with E-state index in [1.54, 1.807) is 0 Å². The van der Waals surface area contributed by atoms with E-state index in [9.17, 15) is 22.7 Å². The molecule has 2 nitrogen and oxygen atoms in total. The third kappa shape index (κ3) is 4.61. The predicted octanol–water partition coefficient (Wildman–Crippen LogP) is 3.21. The first-order chi connectivity index (χ1) is 7.71. The number of aliphatic hydroxyl groups is 1. The van der Waals surface area contributed by atoms with Gasteiger partial charge in [0.1, 0.15) is 11.9 Å². The minimum Gasteiger partial charge on any atom is -0.388 e. The second kappa shape index (κ2) is 6.56. The van der Waals surface area contributed by atoms with Crippen molar-refractivity contribution in [3.05, 3.63) is 34.6 Å². The van der Waals surface area contributed by atoms with E-state index in [0.29, 0.717) is 0 Å². The number of benzene rings is 1. The summed E-state index contributed by atoms with van der Waals surface area (Å²) < 4.78 is 49.2. The van der Waals surface area contributed by atoms with E-state index in [2.05, 4.69) is 0 Å². The second-order valence-corrected chi connectivity index (χ2v) is 3.98. The van der Waals surface area contributed by atoms with Crippen LogP contribution in [0.25, 0.3) is 0 Å². The number of halogens is 6. The molecule has 0 radical (unpaired) electrons. The lowest BCUT2D eigenvalue weighted by Crippen LogP contribution is -2.38. The topological polar surface area (TPSA) is 46.2 Å². The van der Waals surface area contributed by atoms with E-state index < -0.39 is 30.6 Å². The maximum Gasteiger partial charge on any atom is 0.403 e. The fourth-order valence-corrected chi connectivity index (χ4v) is 1.42. The number of aliphatic hydroxyl groups excluding tert-OH is 1. The van der Waals surface area contributed by atoms with Crippen LogP contribution in [0.5, 0.6) is 0 Å². The average molecular weight is 308 g/mol. The van der Waals surface area contributed by atoms with Gasteiger partial charge in [0.15, 0.2) is 0 Å². The molecule has 0 aromatic heterocycles. The first-order valence-corrected chi connectivity index (χ1v) is 5.05. The summed E-state index contributed by atoms with van der Waals surface area (Å²) in [6, 6.07) is 1.07. The molecular formula is C10H11Cl2F4NO. The Balaban J connectivity index is 0.00000289. The highest BCUT2D eigenvalue weighted by Gasteiger charge is 2.37. The molecule has 0 aliphatic rings. The van der Waals surface area contributed by atoms with Crippen molar-refractivity contribution in [2.75, 3.05) is 0 Å². The van der Waals surface area contributed by atoms with E-state index in [1.807, 2.05) is 0 Å². The van der Waals surface area contributed by atoms with E-state index >= 15 is 0 Å². The molecule has 0 saturated carbocycles. The van der Waals surface area contributed by atoms with Gasteiger partial charge >= 0.3 is 6.18 Å². The highest BCUT2D eigenvalue weighted by Crippen LogP contribution is 2.28. The van der Waals surface area contributed by atoms with Gasteiger partial charge in [0.2, 0.25) is 0 Å². The second-order valence-electron chi connectivity index (χ2n) is 3.57. The first-order valence-electron chi connectivity index (χ1n) is 4.67. The van der Waals surface area contributed by atoms with Gasteiger partial charge in [-0.15, -0.1) is 12.4 Å². The summed E-state index contributed by atoms with van der Waals surface area (Å²) in [7, 11) is 0. The Morgan fingerprint density at radius 3 is 2.33 bits per heavy atom. The molecule has 0 unspecified atom stereocenters. The molecular weight excluding hydrogens is 297 g/mol. The van der Waals surface area contributed by atoms with Crippen molar-refractivity contribution in [1.29, 1.82) is 0 Å². The molecule has 0 bridgehead atoms. The monoisotopic (exact) mass is 307 g/mol. The van der Waals surface area contributed by atoms with Crippen molar-refractivity contribution < 1.29 is 22.7 Å². The summed E-state index contributed by atoms with van der Waals surface area (Å²) in [4.78, 5) is 0. The largest absolute Gasteiger partial charge is 0.403 e. The van der Waals surface area contributed by atoms with Crippen molar-refractivity contribution in [2.45, 2.75) is 24.7 Å². The van der Waals surface area contributed by atoms with E-state index in [-0.39, 0.29) is 23.0 Å². The first kappa shape index (κ1) is 17.4. The maximum absolute atomic E-state index is 12.8. The molecule has 1 aromatic rings. The lowest BCUT2D eigenvalue weighted by atomic mass is 10.0. The van der Waals surface area contributed by atoms with Crippen molar-refractivity contribution in [3.63, 3.8) is 0 Å². The summed E-state index contributed by atoms with van der Waals surface area (Å²) in [5.74, 6) is -0.706. The Morgan fingerprint density at radius 1 is 1.33 bits per heavy atom. The van der Waals surface area contributed by atoms with Crippen molar-refractivity contribution in [1.82, 2.24) is 0 Å². The van der Waals surface area contributed by atoms with Crippen molar-refractivity contribution >= 4 is 24.0 Å². The van der Waals surface area contributed by atoms with Crippen LogP contribution in [0.15, 0.2) is 18.2 Å². The Morgan fingerprint density at radius 2 is 1.89 bits per heavy atom. The summed E-state index contributed by atoms with van der Waals surface area (Å²) >= 11 is 5.44. The third-order valence-corrected chi connectivity index (χ3v) is 2.52. The van der Waals surface area contributed by atoms with Gasteiger partial charge in [-0.1, -0.05) is 17.7 Å². The van der Waals surface area contributed by atoms with Gasteiger partial charge in [-0.3, -0.25) is 0 Å². The summed E-state index contributed by atoms with van der Waals surface area (Å²) in [6.07, 6.45) is -6.72. The predicted molar refractivity (Wildman–Crippen MR) is 62.3 cm³/mol. The van der Waals surface area contributed by atoms with Gasteiger partial charge in [-0.25, -0.2) is 4.39 Å². The van der Waals surface area contributed by atoms with Crippen LogP contribution < -0.4 is 5.73 Å². The smallest absolute Gasteiger partial charge is 0.388 e. The van der Waals surface area contributed by atoms with Gasteiger partial charge in [0.25, 0.3) is 0 Å². The number of nitrogens with two attached hydrogens (primary N) is 1.